The van der Waals surface area contributed by atoms with Crippen molar-refractivity contribution in [3.8, 4) is 0 Å². The van der Waals surface area contributed by atoms with Crippen LogP contribution in [0.15, 0.2) is 35.7 Å². The zero-order valence-electron chi connectivity index (χ0n) is 14.7. The van der Waals surface area contributed by atoms with E-state index in [0.29, 0.717) is 10.9 Å². The van der Waals surface area contributed by atoms with E-state index < -0.39 is 0 Å². The third kappa shape index (κ3) is 5.24. The molecule has 0 unspecified atom stereocenters. The Morgan fingerprint density at radius 1 is 1.16 bits per heavy atom. The van der Waals surface area contributed by atoms with Crippen molar-refractivity contribution in [2.75, 3.05) is 31.9 Å². The number of pyridine rings is 1. The summed E-state index contributed by atoms with van der Waals surface area (Å²) in [6, 6.07) is 5.99. The molecule has 0 spiro atoms. The van der Waals surface area contributed by atoms with Crippen LogP contribution in [0.2, 0.25) is 0 Å². The average Bonchev–Trinajstić information content (AvgIpc) is 2.60. The van der Waals surface area contributed by atoms with E-state index in [1.807, 2.05) is 37.1 Å². The SMILES string of the molecule is Cc1cc(C)nc(SCC(=O)N2CCN(Cc3cccnc3)CC2)n1. The van der Waals surface area contributed by atoms with Crippen molar-refractivity contribution in [3.63, 3.8) is 0 Å². The molecule has 1 aliphatic heterocycles. The van der Waals surface area contributed by atoms with Crippen molar-refractivity contribution >= 4 is 17.7 Å². The molecular formula is C18H23N5OS. The summed E-state index contributed by atoms with van der Waals surface area (Å²) < 4.78 is 0. The second-order valence-electron chi connectivity index (χ2n) is 6.24. The summed E-state index contributed by atoms with van der Waals surface area (Å²) >= 11 is 1.42. The molecule has 7 heteroatoms. The normalized spacial score (nSPS) is 15.4. The summed E-state index contributed by atoms with van der Waals surface area (Å²) in [5.74, 6) is 0.555. The summed E-state index contributed by atoms with van der Waals surface area (Å²) in [5.41, 5.74) is 3.09. The third-order valence-corrected chi connectivity index (χ3v) is 4.97. The molecule has 3 rings (SSSR count). The predicted molar refractivity (Wildman–Crippen MR) is 98.3 cm³/mol. The molecule has 0 aliphatic carbocycles. The van der Waals surface area contributed by atoms with Crippen molar-refractivity contribution in [1.82, 2.24) is 24.8 Å². The number of amides is 1. The van der Waals surface area contributed by atoms with E-state index >= 15 is 0 Å². The number of hydrogen-bond donors (Lipinski definition) is 0. The number of nitrogens with zero attached hydrogens (tertiary/aromatic N) is 5. The fourth-order valence-electron chi connectivity index (χ4n) is 2.88. The molecule has 0 atom stereocenters. The lowest BCUT2D eigenvalue weighted by Crippen LogP contribution is -2.48. The van der Waals surface area contributed by atoms with Gasteiger partial charge in [0, 0.05) is 56.5 Å². The van der Waals surface area contributed by atoms with Gasteiger partial charge in [-0.15, -0.1) is 0 Å². The summed E-state index contributed by atoms with van der Waals surface area (Å²) in [4.78, 5) is 29.6. The maximum absolute atomic E-state index is 12.4. The van der Waals surface area contributed by atoms with Crippen LogP contribution in [0.25, 0.3) is 0 Å². The van der Waals surface area contributed by atoms with Gasteiger partial charge in [0.1, 0.15) is 0 Å². The lowest BCUT2D eigenvalue weighted by molar-refractivity contribution is -0.130. The highest BCUT2D eigenvalue weighted by molar-refractivity contribution is 7.99. The molecule has 3 heterocycles. The fourth-order valence-corrected chi connectivity index (χ4v) is 3.73. The summed E-state index contributed by atoms with van der Waals surface area (Å²) in [6.45, 7) is 8.11. The van der Waals surface area contributed by atoms with Gasteiger partial charge in [0.05, 0.1) is 5.75 Å². The Hall–Kier alpha value is -1.99. The van der Waals surface area contributed by atoms with Crippen molar-refractivity contribution in [2.24, 2.45) is 0 Å². The maximum Gasteiger partial charge on any atom is 0.233 e. The molecule has 1 saturated heterocycles. The first-order valence-electron chi connectivity index (χ1n) is 8.44. The van der Waals surface area contributed by atoms with E-state index in [-0.39, 0.29) is 5.91 Å². The molecular weight excluding hydrogens is 334 g/mol. The number of piperazine rings is 1. The molecule has 1 fully saturated rings. The number of rotatable bonds is 5. The van der Waals surface area contributed by atoms with Crippen LogP contribution < -0.4 is 0 Å². The first-order chi connectivity index (χ1) is 12.1. The van der Waals surface area contributed by atoms with Gasteiger partial charge >= 0.3 is 0 Å². The van der Waals surface area contributed by atoms with Crippen LogP contribution >= 0.6 is 11.8 Å². The number of carbonyl (C=O) groups excluding carboxylic acids is 1. The van der Waals surface area contributed by atoms with Crippen LogP contribution in [0.3, 0.4) is 0 Å². The maximum atomic E-state index is 12.4. The predicted octanol–water partition coefficient (Wildman–Crippen LogP) is 1.92. The zero-order valence-corrected chi connectivity index (χ0v) is 15.5. The van der Waals surface area contributed by atoms with Gasteiger partial charge in [-0.05, 0) is 31.5 Å². The summed E-state index contributed by atoms with van der Waals surface area (Å²) in [6.07, 6.45) is 3.69. The lowest BCUT2D eigenvalue weighted by Gasteiger charge is -2.34. The Morgan fingerprint density at radius 3 is 2.52 bits per heavy atom. The van der Waals surface area contributed by atoms with Crippen molar-refractivity contribution in [2.45, 2.75) is 25.5 Å². The van der Waals surface area contributed by atoms with Crippen LogP contribution in [-0.4, -0.2) is 62.6 Å². The van der Waals surface area contributed by atoms with Gasteiger partial charge < -0.3 is 4.90 Å². The molecule has 6 nitrogen and oxygen atoms in total. The molecule has 0 bridgehead atoms. The number of aryl methyl sites for hydroxylation is 2. The Bertz CT molecular complexity index is 696. The molecule has 2 aromatic rings. The quantitative estimate of drug-likeness (QED) is 0.602. The minimum absolute atomic E-state index is 0.161. The van der Waals surface area contributed by atoms with E-state index in [9.17, 15) is 4.79 Å². The molecule has 1 amide bonds. The molecule has 0 saturated carbocycles. The molecule has 2 aromatic heterocycles. The highest BCUT2D eigenvalue weighted by Crippen LogP contribution is 2.16. The number of hydrogen-bond acceptors (Lipinski definition) is 6. The molecule has 25 heavy (non-hydrogen) atoms. The van der Waals surface area contributed by atoms with E-state index in [2.05, 4.69) is 25.9 Å². The largest absolute Gasteiger partial charge is 0.339 e. The van der Waals surface area contributed by atoms with Gasteiger partial charge in [-0.3, -0.25) is 14.7 Å². The van der Waals surface area contributed by atoms with Crippen LogP contribution in [0.1, 0.15) is 17.0 Å². The van der Waals surface area contributed by atoms with Gasteiger partial charge in [0.25, 0.3) is 0 Å². The molecule has 1 aliphatic rings. The smallest absolute Gasteiger partial charge is 0.233 e. The highest BCUT2D eigenvalue weighted by Gasteiger charge is 2.21. The number of aromatic nitrogens is 3. The third-order valence-electron chi connectivity index (χ3n) is 4.14. The second kappa shape index (κ2) is 8.40. The minimum atomic E-state index is 0.161. The van der Waals surface area contributed by atoms with Gasteiger partial charge in [0.2, 0.25) is 5.91 Å². The van der Waals surface area contributed by atoms with Gasteiger partial charge in [-0.1, -0.05) is 17.8 Å². The van der Waals surface area contributed by atoms with Gasteiger partial charge in [-0.2, -0.15) is 0 Å². The van der Waals surface area contributed by atoms with Crippen LogP contribution in [0, 0.1) is 13.8 Å². The second-order valence-corrected chi connectivity index (χ2v) is 7.18. The number of carbonyl (C=O) groups is 1. The van der Waals surface area contributed by atoms with E-state index in [1.54, 1.807) is 6.20 Å². The molecule has 0 N–H and O–H groups in total. The lowest BCUT2D eigenvalue weighted by atomic mass is 10.2. The van der Waals surface area contributed by atoms with Crippen LogP contribution in [0.5, 0.6) is 0 Å². The fraction of sp³-hybridized carbons (Fsp3) is 0.444. The topological polar surface area (TPSA) is 62.2 Å². The monoisotopic (exact) mass is 357 g/mol. The van der Waals surface area contributed by atoms with Gasteiger partial charge in [0.15, 0.2) is 5.16 Å². The molecule has 132 valence electrons. The highest BCUT2D eigenvalue weighted by atomic mass is 32.2. The Kier molecular flexibility index (Phi) is 5.99. The standard InChI is InChI=1S/C18H23N5OS/c1-14-10-15(2)21-18(20-14)25-13-17(24)23-8-6-22(7-9-23)12-16-4-3-5-19-11-16/h3-5,10-11H,6-9,12-13H2,1-2H3. The number of thioether (sulfide) groups is 1. The van der Waals surface area contributed by atoms with Crippen molar-refractivity contribution in [1.29, 1.82) is 0 Å². The Labute approximate surface area is 152 Å². The molecule has 0 aromatic carbocycles. The van der Waals surface area contributed by atoms with E-state index in [1.165, 1.54) is 17.3 Å². The zero-order chi connectivity index (χ0) is 17.6. The Morgan fingerprint density at radius 2 is 1.88 bits per heavy atom. The van der Waals surface area contributed by atoms with Crippen LogP contribution in [0.4, 0.5) is 0 Å². The van der Waals surface area contributed by atoms with Crippen LogP contribution in [-0.2, 0) is 11.3 Å². The summed E-state index contributed by atoms with van der Waals surface area (Å²) in [7, 11) is 0. The average molecular weight is 357 g/mol. The van der Waals surface area contributed by atoms with E-state index in [0.717, 1.165) is 44.1 Å². The molecule has 0 radical (unpaired) electrons. The first-order valence-corrected chi connectivity index (χ1v) is 9.43. The van der Waals surface area contributed by atoms with Crippen molar-refractivity contribution < 1.29 is 4.79 Å². The Balaban J connectivity index is 1.45. The summed E-state index contributed by atoms with van der Waals surface area (Å²) in [5, 5.41) is 0.682. The van der Waals surface area contributed by atoms with E-state index in [4.69, 9.17) is 0 Å². The van der Waals surface area contributed by atoms with Crippen molar-refractivity contribution in [3.05, 3.63) is 47.5 Å². The first kappa shape index (κ1) is 17.8. The minimum Gasteiger partial charge on any atom is -0.339 e. The van der Waals surface area contributed by atoms with Gasteiger partial charge in [-0.25, -0.2) is 9.97 Å².